The Morgan fingerprint density at radius 2 is 0.360 bits per heavy atom. The minimum atomic E-state index is -0.396. The van der Waals surface area contributed by atoms with Gasteiger partial charge >= 0.3 is 0 Å². The molecule has 0 bridgehead atoms. The van der Waals surface area contributed by atoms with Gasteiger partial charge in [0.2, 0.25) is 0 Å². The molecule has 2 atom stereocenters. The fourth-order valence-corrected chi connectivity index (χ4v) is 24.5. The molecule has 0 saturated heterocycles. The summed E-state index contributed by atoms with van der Waals surface area (Å²) in [7, 11) is 0. The molecule has 0 radical (unpaired) electrons. The van der Waals surface area contributed by atoms with Crippen molar-refractivity contribution in [2.24, 2.45) is 0 Å². The Kier molecular flexibility index (Phi) is 19.5. The van der Waals surface area contributed by atoms with E-state index in [0.29, 0.717) is 23.0 Å². The molecule has 0 N–H and O–H groups in total. The summed E-state index contributed by atoms with van der Waals surface area (Å²) in [6, 6.07) is 176. The Labute approximate surface area is 887 Å². The number of rotatable bonds is 12. The fraction of sp³-hybridized carbons (Fsp3) is 0.0267. The molecular weight excluding hydrogens is 1800 g/mol. The first-order chi connectivity index (χ1) is 78.4. The van der Waals surface area contributed by atoms with Crippen LogP contribution in [-0.4, -0.2) is 0 Å². The quantitative estimate of drug-likeness (QED) is 0.107. The predicted octanol–water partition coefficient (Wildman–Crippen LogP) is 42.0. The average molecular weight is 1910 g/mol. The van der Waals surface area contributed by atoms with Crippen molar-refractivity contribution < 1.29 is 13.7 Å². The first-order valence-electron chi connectivity index (χ1n) is 56.7. The van der Waals surface area contributed by atoms with Gasteiger partial charge < -0.3 is 0 Å². The van der Waals surface area contributed by atoms with Crippen LogP contribution in [0.3, 0.4) is 0 Å². The van der Waals surface area contributed by atoms with Gasteiger partial charge in [-0.3, -0.25) is 0 Å². The van der Waals surface area contributed by atoms with E-state index in [9.17, 15) is 0 Å². The van der Waals surface area contributed by atoms with Gasteiger partial charge in [0.25, 0.3) is 0 Å². The molecular formula is C150H100. The monoisotopic (exact) mass is 1910 g/mol. The van der Waals surface area contributed by atoms with Crippen molar-refractivity contribution in [3.63, 3.8) is 0 Å². The van der Waals surface area contributed by atoms with Crippen LogP contribution in [-0.2, 0) is 0 Å². The highest BCUT2D eigenvalue weighted by Crippen LogP contribution is 2.55. The summed E-state index contributed by atoms with van der Waals surface area (Å²) in [4.78, 5) is 0. The Balaban J connectivity index is 0.000000113. The van der Waals surface area contributed by atoms with E-state index >= 15 is 0 Å². The maximum absolute atomic E-state index is 8.91. The van der Waals surface area contributed by atoms with Crippen LogP contribution >= 0.6 is 0 Å². The minimum Gasteiger partial charge on any atom is -0.0622 e. The lowest BCUT2D eigenvalue weighted by molar-refractivity contribution is 0.957. The summed E-state index contributed by atoms with van der Waals surface area (Å²) in [5.41, 5.74) is 36.3. The highest BCUT2D eigenvalue weighted by atomic mass is 14.3. The van der Waals surface area contributed by atoms with E-state index in [0.717, 1.165) is 120 Å². The smallest absolute Gasteiger partial charge is 0.0622 e. The minimum absolute atomic E-state index is 0.205. The number of hydrogen-bond acceptors (Lipinski definition) is 0. The van der Waals surface area contributed by atoms with E-state index in [1.54, 1.807) is 0 Å². The van der Waals surface area contributed by atoms with Crippen LogP contribution in [0.15, 0.2) is 558 Å². The van der Waals surface area contributed by atoms with Crippen LogP contribution in [0.2, 0.25) is 0 Å². The van der Waals surface area contributed by atoms with Crippen molar-refractivity contribution in [1.82, 2.24) is 0 Å². The third-order valence-electron chi connectivity index (χ3n) is 31.6. The lowest BCUT2D eigenvalue weighted by atomic mass is 9.83. The second-order valence-electron chi connectivity index (χ2n) is 39.8. The largest absolute Gasteiger partial charge is 0.0629 e. The Hall–Kier alpha value is -19.0. The summed E-state index contributed by atoms with van der Waals surface area (Å²) >= 11 is 0. The lowest BCUT2D eigenvalue weighted by Gasteiger charge is -2.20. The van der Waals surface area contributed by atoms with Crippen LogP contribution in [0.1, 0.15) is 61.6 Å². The zero-order valence-electron chi connectivity index (χ0n) is 92.5. The third kappa shape index (κ3) is 15.4. The second kappa shape index (κ2) is 37.3. The van der Waals surface area contributed by atoms with Crippen LogP contribution < -0.4 is 0 Å². The molecule has 0 nitrogen and oxygen atoms in total. The van der Waals surface area contributed by atoms with Gasteiger partial charge in [-0.15, -0.1) is 0 Å². The highest BCUT2D eigenvalue weighted by Gasteiger charge is 2.31. The molecule has 28 aromatic rings. The molecule has 0 heterocycles. The molecule has 0 spiro atoms. The molecule has 0 amide bonds. The number of benzene rings is 28. The van der Waals surface area contributed by atoms with Gasteiger partial charge in [0, 0.05) is 11.8 Å². The van der Waals surface area contributed by atoms with Crippen LogP contribution in [0.5, 0.6) is 0 Å². The van der Waals surface area contributed by atoms with Gasteiger partial charge in [-0.2, -0.15) is 0 Å². The van der Waals surface area contributed by atoms with E-state index in [2.05, 4.69) is 438 Å². The van der Waals surface area contributed by atoms with Gasteiger partial charge in [0.15, 0.2) is 0 Å². The molecule has 2 aliphatic rings. The molecule has 0 aromatic heterocycles. The molecule has 30 rings (SSSR count). The fourth-order valence-electron chi connectivity index (χ4n) is 24.5. The van der Waals surface area contributed by atoms with Crippen LogP contribution in [0.25, 0.3) is 274 Å². The molecule has 0 fully saturated rings. The van der Waals surface area contributed by atoms with Crippen molar-refractivity contribution in [3.8, 4) is 156 Å². The average Bonchev–Trinajstić information content (AvgIpc) is 0.878. The van der Waals surface area contributed by atoms with Crippen molar-refractivity contribution in [2.45, 2.75) is 25.7 Å². The molecule has 0 aliphatic heterocycles. The van der Waals surface area contributed by atoms with Crippen molar-refractivity contribution in [1.29, 1.82) is 0 Å². The summed E-state index contributed by atoms with van der Waals surface area (Å²) in [5, 5.41) is 24.1. The van der Waals surface area contributed by atoms with Gasteiger partial charge in [-0.25, -0.2) is 0 Å². The molecule has 2 unspecified atom stereocenters. The summed E-state index contributed by atoms with van der Waals surface area (Å²) in [6.07, 6.45) is 0. The van der Waals surface area contributed by atoms with Crippen LogP contribution in [0, 0.1) is 0 Å². The van der Waals surface area contributed by atoms with E-state index < -0.39 is 12.1 Å². The van der Waals surface area contributed by atoms with E-state index in [-0.39, 0.29) is 59.5 Å². The van der Waals surface area contributed by atoms with Crippen LogP contribution in [0.4, 0.5) is 0 Å². The summed E-state index contributed by atoms with van der Waals surface area (Å²) in [6.45, 7) is 4.69. The topological polar surface area (TPSA) is 0 Å². The van der Waals surface area contributed by atoms with Gasteiger partial charge in [0.05, 0.1) is 13.7 Å². The van der Waals surface area contributed by atoms with E-state index in [1.165, 1.54) is 154 Å². The number of hydrogen-bond donors (Lipinski definition) is 0. The molecule has 28 aromatic carbocycles. The molecule has 0 saturated carbocycles. The zero-order valence-corrected chi connectivity index (χ0v) is 82.5. The lowest BCUT2D eigenvalue weighted by Crippen LogP contribution is -1.94. The van der Waals surface area contributed by atoms with Gasteiger partial charge in [0.1, 0.15) is 0 Å². The third-order valence-corrected chi connectivity index (χ3v) is 31.6. The Morgan fingerprint density at radius 3 is 0.733 bits per heavy atom. The molecule has 700 valence electrons. The second-order valence-corrected chi connectivity index (χ2v) is 39.8. The van der Waals surface area contributed by atoms with E-state index in [4.69, 9.17) is 13.7 Å². The molecule has 150 heavy (non-hydrogen) atoms. The predicted molar refractivity (Wildman–Crippen MR) is 643 cm³/mol. The van der Waals surface area contributed by atoms with Crippen molar-refractivity contribution >= 4 is 118 Å². The first kappa shape index (κ1) is 78.5. The normalized spacial score (nSPS) is 13.8. The SMILES string of the molecule is CC1c2ccccc2-c2ccc(-c3ccc(-c4cc(-c5c6ccccc6c(-c6ccc7c(c6)C(C)c6ccccc6-7)c6ccccc56)c5ccccc5c4)cc3)cc21.[2H]c1c([2H])c([2H])c(-c2c3ccccc3c(-c3cc(-c4ccc(-c5ccc6ccccc6c5)cc4)cc4ccccc34)c3ccccc23)c([2H])c1[2H].[2H]c1c([2H])c([2H])c(-c2c3ccccc3c(-c3cc(-c4ccc(-c5cccc6ccccc56)cc4)cc4ccccc34)c3ccccc23)c([2H])c1[2H]. The van der Waals surface area contributed by atoms with Crippen molar-refractivity contribution in [2.75, 3.05) is 0 Å². The zero-order chi connectivity index (χ0) is 108. The Morgan fingerprint density at radius 1 is 0.127 bits per heavy atom. The summed E-state index contributed by atoms with van der Waals surface area (Å²) in [5.74, 6) is 0.763. The maximum atomic E-state index is 8.91. The van der Waals surface area contributed by atoms with Gasteiger partial charge in [-0.1, -0.05) is 517 Å². The maximum Gasteiger partial charge on any atom is 0.0629 e. The standard InChI is InChI=1S/C58H40.2C46H30/c1-35-43-14-5-7-17-46(43)48-29-27-39(32-54(35)48)37-23-25-38(26-24-37)42-31-40-13-3-4-16-45(40)56(34-42)58-52-21-11-9-19-50(52)57(51-20-10-12-22-53(51)58)41-28-30-49-47-18-8-6-15-44(47)36(2)55(49)33-41;1-2-14-34(15-3-1)45-40-20-8-10-22-42(40)46(43-23-11-9-21-41(43)45)44-30-36(29-35-16-5-7-19-39(35)44)31-25-27-33(28-26-31)38-24-12-17-32-13-4-6-18-37(32)38;1-2-13-34(14-3-1)45-40-18-8-10-20-42(40)46(43-21-11-9-19-41(43)45)44-30-38(29-37-16-6-7-17-39(37)44)33-24-22-32(23-25-33)36-27-26-31-12-4-5-15-35(31)28-36/h3-36H,1-2H3;2*1-30H/i;1D,2D,3D,14D,15D;1D,2D,3D,13D,14D. The molecule has 0 heteroatoms. The van der Waals surface area contributed by atoms with E-state index in [1.807, 2.05) is 72.8 Å². The highest BCUT2D eigenvalue weighted by molar-refractivity contribution is 6.28. The number of fused-ring (bicyclic) bond motifs is 17. The Bertz CT molecular complexity index is 10700. The van der Waals surface area contributed by atoms with Gasteiger partial charge in [-0.05, 0) is 351 Å². The summed E-state index contributed by atoms with van der Waals surface area (Å²) < 4.78 is 85.9. The molecule has 2 aliphatic carbocycles. The first-order valence-corrected chi connectivity index (χ1v) is 51.7. The van der Waals surface area contributed by atoms with Crippen molar-refractivity contribution in [3.05, 3.63) is 580 Å².